The van der Waals surface area contributed by atoms with Gasteiger partial charge in [-0.15, -0.1) is 11.3 Å². The van der Waals surface area contributed by atoms with Crippen LogP contribution in [-0.4, -0.2) is 25.3 Å². The molecule has 0 radical (unpaired) electrons. The van der Waals surface area contributed by atoms with Crippen LogP contribution in [0.15, 0.2) is 29.3 Å². The zero-order valence-electron chi connectivity index (χ0n) is 13.4. The van der Waals surface area contributed by atoms with E-state index < -0.39 is 5.78 Å². The van der Waals surface area contributed by atoms with E-state index in [1.165, 1.54) is 17.6 Å². The fourth-order valence-electron chi connectivity index (χ4n) is 2.49. The lowest BCUT2D eigenvalue weighted by atomic mass is 9.97. The Bertz CT molecular complexity index is 833. The summed E-state index contributed by atoms with van der Waals surface area (Å²) in [4.78, 5) is 25.4. The Morgan fingerprint density at radius 3 is 2.75 bits per heavy atom. The van der Waals surface area contributed by atoms with E-state index in [-0.39, 0.29) is 17.3 Å². The quantitative estimate of drug-likeness (QED) is 0.236. The van der Waals surface area contributed by atoms with Crippen LogP contribution in [0.2, 0.25) is 5.02 Å². The smallest absolute Gasteiger partial charge is 0.201 e. The van der Waals surface area contributed by atoms with Gasteiger partial charge in [0, 0.05) is 21.6 Å². The molecule has 3 rings (SSSR count). The fraction of sp³-hybridized carbons (Fsp3) is 0.333. The van der Waals surface area contributed by atoms with Crippen LogP contribution in [0.1, 0.15) is 30.1 Å². The second-order valence-corrected chi connectivity index (χ2v) is 6.85. The Hall–Kier alpha value is -1.85. The number of ketones is 2. The van der Waals surface area contributed by atoms with E-state index in [1.54, 1.807) is 20.1 Å². The molecule has 1 aliphatic rings. The van der Waals surface area contributed by atoms with Crippen LogP contribution >= 0.6 is 22.9 Å². The molecule has 0 spiro atoms. The van der Waals surface area contributed by atoms with Gasteiger partial charge in [0.15, 0.2) is 5.78 Å². The van der Waals surface area contributed by atoms with Gasteiger partial charge < -0.3 is 9.47 Å². The highest BCUT2D eigenvalue weighted by Gasteiger charge is 2.35. The third-order valence-corrected chi connectivity index (χ3v) is 5.25. The molecule has 0 saturated heterocycles. The van der Waals surface area contributed by atoms with Gasteiger partial charge in [0.05, 0.1) is 30.4 Å². The number of Topliss-reactive ketones (excluding diaryl/α,β-unsaturated/α-hetero) is 2. The molecular formula is C18H17ClO4S. The van der Waals surface area contributed by atoms with Crippen molar-refractivity contribution in [2.45, 2.75) is 19.8 Å². The average Bonchev–Trinajstić information content (AvgIpc) is 3.34. The molecule has 6 heteroatoms. The summed E-state index contributed by atoms with van der Waals surface area (Å²) in [5, 5.41) is 2.85. The van der Waals surface area contributed by atoms with Crippen molar-refractivity contribution in [1.29, 1.82) is 0 Å². The summed E-state index contributed by atoms with van der Waals surface area (Å²) in [5.74, 6) is -0.0141. The van der Waals surface area contributed by atoms with Gasteiger partial charge in [-0.3, -0.25) is 9.59 Å². The van der Waals surface area contributed by atoms with Crippen LogP contribution in [0.3, 0.4) is 0 Å². The molecule has 0 unspecified atom stereocenters. The molecule has 1 fully saturated rings. The molecule has 4 nitrogen and oxygen atoms in total. The second-order valence-electron chi connectivity index (χ2n) is 5.56. The Morgan fingerprint density at radius 2 is 2.12 bits per heavy atom. The van der Waals surface area contributed by atoms with Gasteiger partial charge >= 0.3 is 0 Å². The number of fused-ring (bicyclic) bond motifs is 1. The number of methoxy groups -OCH3 is 1. The standard InChI is InChI=1S/C18H17ClO4S/c1-3-23-8-12(17(20)10-4-5-10)18(21)11-6-7-14-15(16(11)19)13(22-2)9-24-14/h6-10H,3-5H2,1-2H3. The minimum Gasteiger partial charge on any atom is -0.501 e. The van der Waals surface area contributed by atoms with E-state index in [1.807, 2.05) is 11.4 Å². The molecule has 1 heterocycles. The summed E-state index contributed by atoms with van der Waals surface area (Å²) < 4.78 is 11.5. The summed E-state index contributed by atoms with van der Waals surface area (Å²) in [6.07, 6.45) is 2.91. The minimum absolute atomic E-state index is 0.0646. The molecule has 0 bridgehead atoms. The molecule has 126 valence electrons. The van der Waals surface area contributed by atoms with Crippen molar-refractivity contribution in [3.8, 4) is 5.75 Å². The van der Waals surface area contributed by atoms with Crippen molar-refractivity contribution in [2.24, 2.45) is 5.92 Å². The Morgan fingerprint density at radius 1 is 1.38 bits per heavy atom. The second kappa shape index (κ2) is 6.95. The molecule has 1 aromatic heterocycles. The van der Waals surface area contributed by atoms with Crippen molar-refractivity contribution in [1.82, 2.24) is 0 Å². The number of hydrogen-bond donors (Lipinski definition) is 0. The Kier molecular flexibility index (Phi) is 4.92. The first kappa shape index (κ1) is 17.0. The monoisotopic (exact) mass is 364 g/mol. The van der Waals surface area contributed by atoms with E-state index in [4.69, 9.17) is 21.1 Å². The van der Waals surface area contributed by atoms with Crippen molar-refractivity contribution in [3.63, 3.8) is 0 Å². The van der Waals surface area contributed by atoms with Gasteiger partial charge in [-0.05, 0) is 31.9 Å². The number of rotatable bonds is 7. The highest BCUT2D eigenvalue weighted by molar-refractivity contribution is 7.17. The summed E-state index contributed by atoms with van der Waals surface area (Å²) >= 11 is 7.96. The van der Waals surface area contributed by atoms with Gasteiger partial charge in [0.25, 0.3) is 0 Å². The lowest BCUT2D eigenvalue weighted by molar-refractivity contribution is -0.116. The van der Waals surface area contributed by atoms with E-state index >= 15 is 0 Å². The fourth-order valence-corrected chi connectivity index (χ4v) is 3.80. The van der Waals surface area contributed by atoms with Crippen LogP contribution in [0.5, 0.6) is 5.75 Å². The van der Waals surface area contributed by atoms with Gasteiger partial charge in [0.1, 0.15) is 11.3 Å². The number of carbonyl (C=O) groups is 2. The molecule has 2 aromatic rings. The minimum atomic E-state index is -0.402. The molecule has 1 aliphatic carbocycles. The Balaban J connectivity index is 2.05. The molecule has 0 atom stereocenters. The molecule has 0 amide bonds. The zero-order chi connectivity index (χ0) is 17.3. The molecular weight excluding hydrogens is 348 g/mol. The molecule has 1 saturated carbocycles. The van der Waals surface area contributed by atoms with Gasteiger partial charge in [-0.25, -0.2) is 0 Å². The topological polar surface area (TPSA) is 52.6 Å². The van der Waals surface area contributed by atoms with Crippen molar-refractivity contribution < 1.29 is 19.1 Å². The largest absolute Gasteiger partial charge is 0.501 e. The first-order valence-corrected chi connectivity index (χ1v) is 8.98. The molecule has 0 aliphatic heterocycles. The highest BCUT2D eigenvalue weighted by Crippen LogP contribution is 2.40. The first-order chi connectivity index (χ1) is 11.6. The Labute approximate surface area is 149 Å². The van der Waals surface area contributed by atoms with Crippen molar-refractivity contribution in [3.05, 3.63) is 39.9 Å². The predicted molar refractivity (Wildman–Crippen MR) is 95.2 cm³/mol. The maximum Gasteiger partial charge on any atom is 0.201 e. The van der Waals surface area contributed by atoms with Crippen molar-refractivity contribution in [2.75, 3.05) is 13.7 Å². The van der Waals surface area contributed by atoms with Gasteiger partial charge in [-0.1, -0.05) is 11.6 Å². The lowest BCUT2D eigenvalue weighted by Gasteiger charge is -2.09. The number of hydrogen-bond acceptors (Lipinski definition) is 5. The van der Waals surface area contributed by atoms with Crippen LogP contribution in [0.4, 0.5) is 0 Å². The van der Waals surface area contributed by atoms with E-state index in [0.29, 0.717) is 28.3 Å². The van der Waals surface area contributed by atoms with Gasteiger partial charge in [0.2, 0.25) is 5.78 Å². The molecule has 0 N–H and O–H groups in total. The van der Waals surface area contributed by atoms with Crippen molar-refractivity contribution >= 4 is 44.6 Å². The van der Waals surface area contributed by atoms with Crippen LogP contribution in [0.25, 0.3) is 10.1 Å². The highest BCUT2D eigenvalue weighted by atomic mass is 35.5. The average molecular weight is 365 g/mol. The van der Waals surface area contributed by atoms with Gasteiger partial charge in [-0.2, -0.15) is 0 Å². The molecule has 1 aromatic carbocycles. The van der Waals surface area contributed by atoms with Crippen LogP contribution < -0.4 is 4.74 Å². The maximum absolute atomic E-state index is 12.9. The van der Waals surface area contributed by atoms with Crippen LogP contribution in [0, 0.1) is 5.92 Å². The predicted octanol–water partition coefficient (Wildman–Crippen LogP) is 4.65. The van der Waals surface area contributed by atoms with E-state index in [0.717, 1.165) is 17.5 Å². The third-order valence-electron chi connectivity index (χ3n) is 3.93. The van der Waals surface area contributed by atoms with Crippen LogP contribution in [-0.2, 0) is 9.53 Å². The third kappa shape index (κ3) is 3.06. The zero-order valence-corrected chi connectivity index (χ0v) is 15.0. The number of halogens is 1. The normalized spacial score (nSPS) is 14.7. The van der Waals surface area contributed by atoms with E-state index in [2.05, 4.69) is 0 Å². The summed E-state index contributed by atoms with van der Waals surface area (Å²) in [7, 11) is 1.56. The SMILES string of the molecule is CCOC=C(C(=O)c1ccc2scc(OC)c2c1Cl)C(=O)C1CC1. The lowest BCUT2D eigenvalue weighted by Crippen LogP contribution is -2.16. The number of thiophene rings is 1. The number of carbonyl (C=O) groups excluding carboxylic acids is 2. The first-order valence-electron chi connectivity index (χ1n) is 7.72. The molecule has 24 heavy (non-hydrogen) atoms. The van der Waals surface area contributed by atoms with E-state index in [9.17, 15) is 9.59 Å². The number of allylic oxidation sites excluding steroid dienone is 1. The summed E-state index contributed by atoms with van der Waals surface area (Å²) in [6, 6.07) is 3.48. The summed E-state index contributed by atoms with van der Waals surface area (Å²) in [5.41, 5.74) is 0.357. The summed E-state index contributed by atoms with van der Waals surface area (Å²) in [6.45, 7) is 2.19. The maximum atomic E-state index is 12.9. The number of benzene rings is 1. The number of ether oxygens (including phenoxy) is 2.